The molecule has 21 heavy (non-hydrogen) atoms. The molecule has 1 amide bonds. The first kappa shape index (κ1) is 16.8. The van der Waals surface area contributed by atoms with Gasteiger partial charge in [-0.05, 0) is 47.3 Å². The van der Waals surface area contributed by atoms with Gasteiger partial charge < -0.3 is 15.0 Å². The molecule has 0 unspecified atom stereocenters. The molecule has 1 N–H and O–H groups in total. The first-order chi connectivity index (χ1) is 10.1. The topological polar surface area (TPSA) is 41.6 Å². The monoisotopic (exact) mass is 418 g/mol. The lowest BCUT2D eigenvalue weighted by Crippen LogP contribution is -2.41. The van der Waals surface area contributed by atoms with Crippen molar-refractivity contribution in [1.82, 2.24) is 10.2 Å². The Morgan fingerprint density at radius 3 is 2.67 bits per heavy atom. The van der Waals surface area contributed by atoms with Crippen molar-refractivity contribution in [3.05, 3.63) is 26.6 Å². The van der Waals surface area contributed by atoms with Gasteiger partial charge in [0.05, 0.1) is 18.1 Å². The second kappa shape index (κ2) is 8.15. The molecule has 1 saturated heterocycles. The third-order valence-electron chi connectivity index (χ3n) is 3.59. The van der Waals surface area contributed by atoms with Gasteiger partial charge >= 0.3 is 0 Å². The van der Waals surface area contributed by atoms with Crippen molar-refractivity contribution < 1.29 is 9.53 Å². The summed E-state index contributed by atoms with van der Waals surface area (Å²) in [6.45, 7) is 2.76. The third-order valence-corrected chi connectivity index (χ3v) is 4.64. The standard InChI is InChI=1S/C15H20Br2N2O2/c1-21-15-11(7-12(16)8-13(15)17)9-18-10-14(20)19-5-3-2-4-6-19/h7-8,18H,2-6,9-10H2,1H3. The molecule has 0 aromatic heterocycles. The molecule has 0 radical (unpaired) electrons. The summed E-state index contributed by atoms with van der Waals surface area (Å²) >= 11 is 6.95. The fraction of sp³-hybridized carbons (Fsp3) is 0.533. The number of hydrogen-bond donors (Lipinski definition) is 1. The molecule has 6 heteroatoms. The predicted octanol–water partition coefficient (Wildman–Crippen LogP) is 3.32. The van der Waals surface area contributed by atoms with Crippen molar-refractivity contribution in [3.63, 3.8) is 0 Å². The molecular formula is C15H20Br2N2O2. The number of piperidine rings is 1. The van der Waals surface area contributed by atoms with Gasteiger partial charge in [-0.25, -0.2) is 0 Å². The van der Waals surface area contributed by atoms with Gasteiger partial charge in [-0.2, -0.15) is 0 Å². The number of hydrogen-bond acceptors (Lipinski definition) is 3. The maximum atomic E-state index is 12.1. The molecule has 0 saturated carbocycles. The van der Waals surface area contributed by atoms with Gasteiger partial charge in [0.2, 0.25) is 5.91 Å². The number of amides is 1. The van der Waals surface area contributed by atoms with Gasteiger partial charge in [0.25, 0.3) is 0 Å². The van der Waals surface area contributed by atoms with Gasteiger partial charge in [-0.15, -0.1) is 0 Å². The Balaban J connectivity index is 1.89. The molecule has 1 heterocycles. The lowest BCUT2D eigenvalue weighted by Gasteiger charge is -2.26. The number of methoxy groups -OCH3 is 1. The number of carbonyl (C=O) groups excluding carboxylic acids is 1. The zero-order valence-electron chi connectivity index (χ0n) is 12.1. The highest BCUT2D eigenvalue weighted by Crippen LogP contribution is 2.32. The summed E-state index contributed by atoms with van der Waals surface area (Å²) in [6, 6.07) is 3.95. The first-order valence-corrected chi connectivity index (χ1v) is 8.71. The average Bonchev–Trinajstić information content (AvgIpc) is 2.47. The third kappa shape index (κ3) is 4.69. The Labute approximate surface area is 142 Å². The Bertz CT molecular complexity index is 503. The molecular weight excluding hydrogens is 400 g/mol. The Kier molecular flexibility index (Phi) is 6.51. The van der Waals surface area contributed by atoms with Crippen LogP contribution in [0.1, 0.15) is 24.8 Å². The van der Waals surface area contributed by atoms with Crippen LogP contribution in [0.15, 0.2) is 21.1 Å². The second-order valence-electron chi connectivity index (χ2n) is 5.12. The van der Waals surface area contributed by atoms with E-state index in [2.05, 4.69) is 37.2 Å². The molecule has 0 atom stereocenters. The van der Waals surface area contributed by atoms with Gasteiger partial charge in [-0.1, -0.05) is 15.9 Å². The number of nitrogens with zero attached hydrogens (tertiary/aromatic N) is 1. The number of nitrogens with one attached hydrogen (secondary N) is 1. The second-order valence-corrected chi connectivity index (χ2v) is 6.89. The number of likely N-dealkylation sites (tertiary alicyclic amines) is 1. The van der Waals surface area contributed by atoms with Gasteiger partial charge in [0.15, 0.2) is 0 Å². The normalized spacial score (nSPS) is 15.1. The first-order valence-electron chi connectivity index (χ1n) is 7.12. The minimum Gasteiger partial charge on any atom is -0.495 e. The molecule has 0 spiro atoms. The van der Waals surface area contributed by atoms with Gasteiger partial charge in [0, 0.05) is 29.7 Å². The average molecular weight is 420 g/mol. The number of ether oxygens (including phenoxy) is 1. The Morgan fingerprint density at radius 2 is 2.00 bits per heavy atom. The molecule has 2 rings (SSSR count). The van der Waals surface area contributed by atoms with E-state index in [9.17, 15) is 4.79 Å². The Morgan fingerprint density at radius 1 is 1.29 bits per heavy atom. The van der Waals surface area contributed by atoms with E-state index in [-0.39, 0.29) is 5.91 Å². The van der Waals surface area contributed by atoms with Crippen molar-refractivity contribution >= 4 is 37.8 Å². The molecule has 1 aliphatic heterocycles. The highest BCUT2D eigenvalue weighted by molar-refractivity contribution is 9.11. The highest BCUT2D eigenvalue weighted by Gasteiger charge is 2.16. The van der Waals surface area contributed by atoms with Crippen LogP contribution in [0.25, 0.3) is 0 Å². The van der Waals surface area contributed by atoms with E-state index >= 15 is 0 Å². The van der Waals surface area contributed by atoms with Crippen LogP contribution in [0.2, 0.25) is 0 Å². The largest absolute Gasteiger partial charge is 0.495 e. The number of halogens is 2. The van der Waals surface area contributed by atoms with Crippen molar-refractivity contribution in [3.8, 4) is 5.75 Å². The van der Waals surface area contributed by atoms with E-state index in [1.54, 1.807) is 7.11 Å². The predicted molar refractivity (Wildman–Crippen MR) is 90.5 cm³/mol. The molecule has 1 aromatic carbocycles. The van der Waals surface area contributed by atoms with Crippen LogP contribution in [-0.4, -0.2) is 37.6 Å². The summed E-state index contributed by atoms with van der Waals surface area (Å²) in [5.74, 6) is 0.985. The van der Waals surface area contributed by atoms with Crippen molar-refractivity contribution in [2.24, 2.45) is 0 Å². The zero-order valence-corrected chi connectivity index (χ0v) is 15.3. The van der Waals surface area contributed by atoms with Crippen LogP contribution < -0.4 is 10.1 Å². The molecule has 1 aliphatic rings. The summed E-state index contributed by atoms with van der Waals surface area (Å²) in [6.07, 6.45) is 3.48. The zero-order chi connectivity index (χ0) is 15.2. The molecule has 1 fully saturated rings. The number of benzene rings is 1. The maximum Gasteiger partial charge on any atom is 0.236 e. The fourth-order valence-electron chi connectivity index (χ4n) is 2.53. The summed E-state index contributed by atoms with van der Waals surface area (Å²) < 4.78 is 7.28. The minimum atomic E-state index is 0.183. The highest BCUT2D eigenvalue weighted by atomic mass is 79.9. The van der Waals surface area contributed by atoms with Gasteiger partial charge in [-0.3, -0.25) is 4.79 Å². The molecule has 4 nitrogen and oxygen atoms in total. The van der Waals surface area contributed by atoms with Crippen LogP contribution in [0.3, 0.4) is 0 Å². The lowest BCUT2D eigenvalue weighted by molar-refractivity contribution is -0.131. The molecule has 116 valence electrons. The van der Waals surface area contributed by atoms with Crippen molar-refractivity contribution in [2.45, 2.75) is 25.8 Å². The van der Waals surface area contributed by atoms with Crippen molar-refractivity contribution in [1.29, 1.82) is 0 Å². The smallest absolute Gasteiger partial charge is 0.236 e. The minimum absolute atomic E-state index is 0.183. The van der Waals surface area contributed by atoms with Crippen LogP contribution in [-0.2, 0) is 11.3 Å². The van der Waals surface area contributed by atoms with E-state index in [0.717, 1.165) is 46.2 Å². The van der Waals surface area contributed by atoms with Crippen LogP contribution >= 0.6 is 31.9 Å². The summed E-state index contributed by atoms with van der Waals surface area (Å²) in [5.41, 5.74) is 1.02. The summed E-state index contributed by atoms with van der Waals surface area (Å²) in [7, 11) is 1.65. The van der Waals surface area contributed by atoms with Gasteiger partial charge in [0.1, 0.15) is 5.75 Å². The summed E-state index contributed by atoms with van der Waals surface area (Å²) in [4.78, 5) is 14.0. The Hall–Kier alpha value is -0.590. The molecule has 1 aromatic rings. The van der Waals surface area contributed by atoms with Crippen molar-refractivity contribution in [2.75, 3.05) is 26.7 Å². The number of rotatable bonds is 5. The summed E-state index contributed by atoms with van der Waals surface area (Å²) in [5, 5.41) is 3.22. The van der Waals surface area contributed by atoms with E-state index < -0.39 is 0 Å². The van der Waals surface area contributed by atoms with Crippen LogP contribution in [0.5, 0.6) is 5.75 Å². The fourth-order valence-corrected chi connectivity index (χ4v) is 4.01. The van der Waals surface area contributed by atoms with E-state index in [4.69, 9.17) is 4.74 Å². The van der Waals surface area contributed by atoms with E-state index in [1.807, 2.05) is 17.0 Å². The quantitative estimate of drug-likeness (QED) is 0.795. The van der Waals surface area contributed by atoms with Crippen LogP contribution in [0, 0.1) is 0 Å². The van der Waals surface area contributed by atoms with E-state index in [0.29, 0.717) is 13.1 Å². The lowest BCUT2D eigenvalue weighted by atomic mass is 10.1. The number of carbonyl (C=O) groups is 1. The molecule has 0 aliphatic carbocycles. The SMILES string of the molecule is COc1c(Br)cc(Br)cc1CNCC(=O)N1CCCCC1. The maximum absolute atomic E-state index is 12.1. The van der Waals surface area contributed by atoms with Crippen LogP contribution in [0.4, 0.5) is 0 Å². The van der Waals surface area contributed by atoms with E-state index in [1.165, 1.54) is 6.42 Å². The molecule has 0 bridgehead atoms.